The SMILES string of the molecule is CC(C)(O)C(C)(C)OBc1cccnc1Cl. The zero-order valence-electron chi connectivity index (χ0n) is 10.1. The average Bonchev–Trinajstić information content (AvgIpc) is 2.15. The summed E-state index contributed by atoms with van der Waals surface area (Å²) in [6, 6.07) is 3.66. The largest absolute Gasteiger partial charge is 0.427 e. The van der Waals surface area contributed by atoms with Gasteiger partial charge >= 0.3 is 7.48 Å². The van der Waals surface area contributed by atoms with Gasteiger partial charge in [-0.25, -0.2) is 4.98 Å². The third kappa shape index (κ3) is 3.21. The molecule has 3 nitrogen and oxygen atoms in total. The summed E-state index contributed by atoms with van der Waals surface area (Å²) in [6.45, 7) is 7.13. The first-order valence-electron chi connectivity index (χ1n) is 5.20. The molecular formula is C11H17BClNO2. The molecule has 1 rings (SSSR count). The highest BCUT2D eigenvalue weighted by atomic mass is 35.5. The van der Waals surface area contributed by atoms with E-state index in [4.69, 9.17) is 16.3 Å². The number of halogens is 1. The van der Waals surface area contributed by atoms with Gasteiger partial charge in [0.05, 0.1) is 11.2 Å². The first-order chi connectivity index (χ1) is 7.24. The van der Waals surface area contributed by atoms with Gasteiger partial charge in [-0.3, -0.25) is 0 Å². The molecule has 0 unspecified atom stereocenters. The third-order valence-corrected chi connectivity index (χ3v) is 3.24. The van der Waals surface area contributed by atoms with Crippen molar-refractivity contribution >= 4 is 24.5 Å². The number of hydrogen-bond donors (Lipinski definition) is 1. The fraction of sp³-hybridized carbons (Fsp3) is 0.545. The molecule has 0 aliphatic heterocycles. The Bertz CT molecular complexity index is 363. The van der Waals surface area contributed by atoms with Crippen molar-refractivity contribution < 1.29 is 9.76 Å². The molecule has 0 saturated heterocycles. The Morgan fingerprint density at radius 3 is 2.50 bits per heavy atom. The molecule has 0 fully saturated rings. The number of aromatic nitrogens is 1. The van der Waals surface area contributed by atoms with Crippen molar-refractivity contribution in [1.82, 2.24) is 4.98 Å². The minimum Gasteiger partial charge on any atom is -0.427 e. The van der Waals surface area contributed by atoms with Crippen LogP contribution in [0, 0.1) is 0 Å². The molecule has 0 bridgehead atoms. The van der Waals surface area contributed by atoms with Gasteiger partial charge < -0.3 is 9.76 Å². The molecule has 88 valence electrons. The third-order valence-electron chi connectivity index (χ3n) is 2.90. The van der Waals surface area contributed by atoms with Crippen molar-refractivity contribution in [2.45, 2.75) is 38.9 Å². The van der Waals surface area contributed by atoms with Crippen molar-refractivity contribution in [2.24, 2.45) is 0 Å². The second-order valence-electron chi connectivity index (χ2n) is 4.81. The Labute approximate surface area is 102 Å². The molecule has 16 heavy (non-hydrogen) atoms. The highest BCUT2D eigenvalue weighted by molar-refractivity contribution is 6.53. The van der Waals surface area contributed by atoms with Crippen LogP contribution in [-0.2, 0) is 4.65 Å². The van der Waals surface area contributed by atoms with Gasteiger partial charge in [0.2, 0.25) is 0 Å². The maximum atomic E-state index is 9.92. The summed E-state index contributed by atoms with van der Waals surface area (Å²) < 4.78 is 5.69. The second kappa shape index (κ2) is 4.74. The molecule has 0 aliphatic carbocycles. The van der Waals surface area contributed by atoms with Crippen molar-refractivity contribution in [3.05, 3.63) is 23.5 Å². The van der Waals surface area contributed by atoms with E-state index in [1.165, 1.54) is 0 Å². The molecule has 1 N–H and O–H groups in total. The molecule has 0 radical (unpaired) electrons. The predicted octanol–water partition coefficient (Wildman–Crippen LogP) is 1.28. The normalized spacial score (nSPS) is 12.6. The van der Waals surface area contributed by atoms with Gasteiger partial charge in [0.25, 0.3) is 0 Å². The van der Waals surface area contributed by atoms with Crippen LogP contribution in [0.15, 0.2) is 18.3 Å². The summed E-state index contributed by atoms with van der Waals surface area (Å²) in [5.74, 6) is 0. The number of rotatable bonds is 4. The van der Waals surface area contributed by atoms with Crippen LogP contribution in [0.3, 0.4) is 0 Å². The van der Waals surface area contributed by atoms with Gasteiger partial charge in [0.1, 0.15) is 5.15 Å². The lowest BCUT2D eigenvalue weighted by Crippen LogP contribution is -2.49. The Morgan fingerprint density at radius 2 is 2.00 bits per heavy atom. The van der Waals surface area contributed by atoms with E-state index in [1.54, 1.807) is 20.0 Å². The topological polar surface area (TPSA) is 42.4 Å². The van der Waals surface area contributed by atoms with Crippen LogP contribution in [-0.4, -0.2) is 28.8 Å². The van der Waals surface area contributed by atoms with E-state index in [1.807, 2.05) is 26.0 Å². The van der Waals surface area contributed by atoms with Crippen LogP contribution < -0.4 is 5.46 Å². The van der Waals surface area contributed by atoms with Crippen molar-refractivity contribution in [1.29, 1.82) is 0 Å². The van der Waals surface area contributed by atoms with E-state index in [2.05, 4.69) is 4.98 Å². The Hall–Kier alpha value is -0.575. The van der Waals surface area contributed by atoms with E-state index in [0.717, 1.165) is 5.46 Å². The molecular weight excluding hydrogens is 224 g/mol. The minimum atomic E-state index is -0.915. The lowest BCUT2D eigenvalue weighted by molar-refractivity contribution is -0.0893. The van der Waals surface area contributed by atoms with Gasteiger partial charge in [0.15, 0.2) is 0 Å². The quantitative estimate of drug-likeness (QED) is 0.638. The lowest BCUT2D eigenvalue weighted by atomic mass is 9.83. The smallest absolute Gasteiger partial charge is 0.312 e. The molecule has 1 aromatic rings. The zero-order chi connectivity index (χ0) is 12.4. The second-order valence-corrected chi connectivity index (χ2v) is 5.17. The van der Waals surface area contributed by atoms with Crippen LogP contribution in [0.1, 0.15) is 27.7 Å². The summed E-state index contributed by atoms with van der Waals surface area (Å²) in [4.78, 5) is 3.96. The first kappa shape index (κ1) is 13.5. The average molecular weight is 242 g/mol. The molecule has 1 aromatic heterocycles. The molecule has 0 aromatic carbocycles. The molecule has 1 heterocycles. The summed E-state index contributed by atoms with van der Waals surface area (Å²) >= 11 is 5.91. The summed E-state index contributed by atoms with van der Waals surface area (Å²) in [5, 5.41) is 10.4. The van der Waals surface area contributed by atoms with Crippen LogP contribution in [0.2, 0.25) is 5.15 Å². The molecule has 0 spiro atoms. The monoisotopic (exact) mass is 241 g/mol. The van der Waals surface area contributed by atoms with Crippen molar-refractivity contribution in [3.8, 4) is 0 Å². The highest BCUT2D eigenvalue weighted by Gasteiger charge is 2.35. The van der Waals surface area contributed by atoms with E-state index in [0.29, 0.717) is 12.6 Å². The van der Waals surface area contributed by atoms with Crippen LogP contribution in [0.4, 0.5) is 0 Å². The lowest BCUT2D eigenvalue weighted by Gasteiger charge is -2.37. The molecule has 0 aliphatic rings. The van der Waals surface area contributed by atoms with Gasteiger partial charge in [-0.05, 0) is 39.2 Å². The Kier molecular flexibility index (Phi) is 3.99. The van der Waals surface area contributed by atoms with Crippen LogP contribution in [0.25, 0.3) is 0 Å². The molecule has 0 amide bonds. The fourth-order valence-electron chi connectivity index (χ4n) is 0.962. The number of aliphatic hydroxyl groups is 1. The molecule has 5 heteroatoms. The van der Waals surface area contributed by atoms with Crippen LogP contribution >= 0.6 is 11.6 Å². The van der Waals surface area contributed by atoms with E-state index >= 15 is 0 Å². The van der Waals surface area contributed by atoms with Crippen LogP contribution in [0.5, 0.6) is 0 Å². The maximum Gasteiger partial charge on any atom is 0.312 e. The zero-order valence-corrected chi connectivity index (χ0v) is 10.9. The number of nitrogens with zero attached hydrogens (tertiary/aromatic N) is 1. The summed E-state index contributed by atoms with van der Waals surface area (Å²) in [7, 11) is 0.337. The van der Waals surface area contributed by atoms with E-state index in [-0.39, 0.29) is 0 Å². The molecule has 0 atom stereocenters. The first-order valence-corrected chi connectivity index (χ1v) is 5.57. The van der Waals surface area contributed by atoms with E-state index in [9.17, 15) is 5.11 Å². The van der Waals surface area contributed by atoms with E-state index < -0.39 is 11.2 Å². The van der Waals surface area contributed by atoms with Gasteiger partial charge in [-0.15, -0.1) is 0 Å². The van der Waals surface area contributed by atoms with Gasteiger partial charge in [0, 0.05) is 6.20 Å². The van der Waals surface area contributed by atoms with Gasteiger partial charge in [-0.2, -0.15) is 0 Å². The molecule has 0 saturated carbocycles. The standard InChI is InChI=1S/C11H17BClNO2/c1-10(2,15)11(3,4)16-12-8-6-5-7-14-9(8)13/h5-7,12,15H,1-4H3. The maximum absolute atomic E-state index is 9.92. The summed E-state index contributed by atoms with van der Waals surface area (Å²) in [5.41, 5.74) is -0.741. The number of pyridine rings is 1. The summed E-state index contributed by atoms with van der Waals surface area (Å²) in [6.07, 6.45) is 1.63. The number of hydrogen-bond acceptors (Lipinski definition) is 3. The highest BCUT2D eigenvalue weighted by Crippen LogP contribution is 2.24. The van der Waals surface area contributed by atoms with Crippen molar-refractivity contribution in [2.75, 3.05) is 0 Å². The predicted molar refractivity (Wildman–Crippen MR) is 67.5 cm³/mol. The Morgan fingerprint density at radius 1 is 1.38 bits per heavy atom. The van der Waals surface area contributed by atoms with Gasteiger partial charge in [-0.1, -0.05) is 17.7 Å². The fourth-order valence-corrected chi connectivity index (χ4v) is 1.14. The van der Waals surface area contributed by atoms with Crippen molar-refractivity contribution in [3.63, 3.8) is 0 Å². The Balaban J connectivity index is 2.69. The minimum absolute atomic E-state index is 0.337.